The quantitative estimate of drug-likeness (QED) is 0.789. The third-order valence-electron chi connectivity index (χ3n) is 1.98. The summed E-state index contributed by atoms with van der Waals surface area (Å²) in [6.45, 7) is 3.85. The van der Waals surface area contributed by atoms with Crippen LogP contribution in [0, 0.1) is 0 Å². The Morgan fingerprint density at radius 1 is 1.38 bits per heavy atom. The molecule has 0 bridgehead atoms. The highest BCUT2D eigenvalue weighted by molar-refractivity contribution is 5.92. The summed E-state index contributed by atoms with van der Waals surface area (Å²) in [7, 11) is 1.61. The first-order valence-corrected chi connectivity index (χ1v) is 5.25. The lowest BCUT2D eigenvalue weighted by Crippen LogP contribution is -2.28. The Morgan fingerprint density at radius 3 is 2.69 bits per heavy atom. The summed E-state index contributed by atoms with van der Waals surface area (Å²) in [6, 6.07) is 7.71. The normalized spacial score (nSPS) is 10.8. The van der Waals surface area contributed by atoms with Gasteiger partial charge in [0.25, 0.3) is 0 Å². The van der Waals surface area contributed by atoms with Crippen LogP contribution < -0.4 is 10.1 Å². The van der Waals surface area contributed by atoms with Gasteiger partial charge in [-0.3, -0.25) is 4.79 Å². The van der Waals surface area contributed by atoms with E-state index in [4.69, 9.17) is 4.74 Å². The van der Waals surface area contributed by atoms with E-state index in [2.05, 4.69) is 5.32 Å². The number of hydrogen-bond acceptors (Lipinski definition) is 2. The number of carbonyl (C=O) groups excluding carboxylic acids is 1. The van der Waals surface area contributed by atoms with Gasteiger partial charge >= 0.3 is 0 Å². The molecule has 1 amide bonds. The first-order valence-electron chi connectivity index (χ1n) is 5.25. The zero-order valence-corrected chi connectivity index (χ0v) is 9.86. The number of para-hydroxylation sites is 1. The fraction of sp³-hybridized carbons (Fsp3) is 0.308. The molecular formula is C13H17NO2. The van der Waals surface area contributed by atoms with Crippen LogP contribution in [0.5, 0.6) is 5.75 Å². The highest BCUT2D eigenvalue weighted by Crippen LogP contribution is 2.18. The van der Waals surface area contributed by atoms with E-state index < -0.39 is 0 Å². The molecule has 0 aliphatic carbocycles. The molecule has 0 aliphatic rings. The number of benzene rings is 1. The third-order valence-corrected chi connectivity index (χ3v) is 1.98. The maximum atomic E-state index is 11.4. The van der Waals surface area contributed by atoms with E-state index in [1.54, 1.807) is 13.2 Å². The molecule has 86 valence electrons. The molecule has 1 aromatic rings. The molecule has 1 N–H and O–H groups in total. The van der Waals surface area contributed by atoms with E-state index in [0.717, 1.165) is 11.3 Å². The van der Waals surface area contributed by atoms with Gasteiger partial charge in [0.05, 0.1) is 7.11 Å². The Kier molecular flexibility index (Phi) is 4.58. The zero-order chi connectivity index (χ0) is 12.0. The van der Waals surface area contributed by atoms with Crippen LogP contribution >= 0.6 is 0 Å². The van der Waals surface area contributed by atoms with Crippen molar-refractivity contribution in [3.8, 4) is 5.75 Å². The van der Waals surface area contributed by atoms with E-state index in [1.165, 1.54) is 6.08 Å². The lowest BCUT2D eigenvalue weighted by molar-refractivity contribution is -0.116. The topological polar surface area (TPSA) is 38.3 Å². The van der Waals surface area contributed by atoms with Gasteiger partial charge in [-0.25, -0.2) is 0 Å². The van der Waals surface area contributed by atoms with Crippen molar-refractivity contribution < 1.29 is 9.53 Å². The highest BCUT2D eigenvalue weighted by atomic mass is 16.5. The Bertz CT molecular complexity index is 383. The number of hydrogen-bond donors (Lipinski definition) is 1. The van der Waals surface area contributed by atoms with Crippen molar-refractivity contribution in [2.24, 2.45) is 0 Å². The summed E-state index contributed by atoms with van der Waals surface area (Å²) in [5, 5.41) is 2.78. The lowest BCUT2D eigenvalue weighted by Gasteiger charge is -2.05. The van der Waals surface area contributed by atoms with E-state index in [0.29, 0.717) is 0 Å². The SMILES string of the molecule is COc1ccccc1/C=C\C(=O)NC(C)C. The van der Waals surface area contributed by atoms with Gasteiger partial charge in [-0.2, -0.15) is 0 Å². The number of rotatable bonds is 4. The van der Waals surface area contributed by atoms with Crippen LogP contribution in [0.4, 0.5) is 0 Å². The minimum Gasteiger partial charge on any atom is -0.496 e. The summed E-state index contributed by atoms with van der Waals surface area (Å²) in [4.78, 5) is 11.4. The Balaban J connectivity index is 2.72. The van der Waals surface area contributed by atoms with Gasteiger partial charge in [0.1, 0.15) is 5.75 Å². The Hall–Kier alpha value is -1.77. The van der Waals surface area contributed by atoms with Crippen LogP contribution in [0.3, 0.4) is 0 Å². The van der Waals surface area contributed by atoms with Gasteiger partial charge in [-0.05, 0) is 26.0 Å². The number of carbonyl (C=O) groups is 1. The van der Waals surface area contributed by atoms with Crippen molar-refractivity contribution in [3.63, 3.8) is 0 Å². The number of methoxy groups -OCH3 is 1. The van der Waals surface area contributed by atoms with Gasteiger partial charge in [0.2, 0.25) is 5.91 Å². The molecule has 0 spiro atoms. The molecule has 0 saturated heterocycles. The monoisotopic (exact) mass is 219 g/mol. The van der Waals surface area contributed by atoms with Crippen molar-refractivity contribution in [1.29, 1.82) is 0 Å². The van der Waals surface area contributed by atoms with Gasteiger partial charge in [-0.1, -0.05) is 18.2 Å². The zero-order valence-electron chi connectivity index (χ0n) is 9.86. The largest absolute Gasteiger partial charge is 0.496 e. The molecular weight excluding hydrogens is 202 g/mol. The second-order valence-electron chi connectivity index (χ2n) is 3.74. The van der Waals surface area contributed by atoms with Crippen molar-refractivity contribution in [3.05, 3.63) is 35.9 Å². The third kappa shape index (κ3) is 3.77. The Morgan fingerprint density at radius 2 is 2.06 bits per heavy atom. The first kappa shape index (κ1) is 12.3. The summed E-state index contributed by atoms with van der Waals surface area (Å²) in [5.74, 6) is 0.664. The van der Waals surface area contributed by atoms with Gasteiger partial charge in [-0.15, -0.1) is 0 Å². The minimum atomic E-state index is -0.0964. The number of ether oxygens (including phenoxy) is 1. The van der Waals surface area contributed by atoms with E-state index in [9.17, 15) is 4.79 Å². The molecule has 1 rings (SSSR count). The predicted molar refractivity (Wildman–Crippen MR) is 65.3 cm³/mol. The summed E-state index contributed by atoms with van der Waals surface area (Å²) < 4.78 is 5.18. The second kappa shape index (κ2) is 5.95. The molecule has 3 nitrogen and oxygen atoms in total. The number of nitrogens with one attached hydrogen (secondary N) is 1. The predicted octanol–water partition coefficient (Wildman–Crippen LogP) is 2.23. The summed E-state index contributed by atoms with van der Waals surface area (Å²) in [6.07, 6.45) is 3.26. The minimum absolute atomic E-state index is 0.0964. The van der Waals surface area contributed by atoms with Crippen LogP contribution in [0.15, 0.2) is 30.3 Å². The van der Waals surface area contributed by atoms with Gasteiger partial charge in [0.15, 0.2) is 0 Å². The van der Waals surface area contributed by atoms with Gasteiger partial charge < -0.3 is 10.1 Å². The molecule has 1 aromatic carbocycles. The number of amides is 1. The second-order valence-corrected chi connectivity index (χ2v) is 3.74. The Labute approximate surface area is 96.1 Å². The van der Waals surface area contributed by atoms with E-state index in [-0.39, 0.29) is 11.9 Å². The average molecular weight is 219 g/mol. The molecule has 0 atom stereocenters. The molecule has 0 radical (unpaired) electrons. The standard InChI is InChI=1S/C13H17NO2/c1-10(2)14-13(15)9-8-11-6-4-5-7-12(11)16-3/h4-10H,1-3H3,(H,14,15)/b9-8-. The first-order chi connectivity index (χ1) is 7.63. The van der Waals surface area contributed by atoms with E-state index in [1.807, 2.05) is 38.1 Å². The maximum Gasteiger partial charge on any atom is 0.244 e. The van der Waals surface area contributed by atoms with Crippen molar-refractivity contribution in [2.75, 3.05) is 7.11 Å². The van der Waals surface area contributed by atoms with Gasteiger partial charge in [0, 0.05) is 17.7 Å². The highest BCUT2D eigenvalue weighted by Gasteiger charge is 2.00. The summed E-state index contributed by atoms with van der Waals surface area (Å²) >= 11 is 0. The van der Waals surface area contributed by atoms with Crippen molar-refractivity contribution in [1.82, 2.24) is 5.32 Å². The fourth-order valence-electron chi connectivity index (χ4n) is 1.30. The van der Waals surface area contributed by atoms with Crippen LogP contribution in [0.25, 0.3) is 6.08 Å². The molecule has 16 heavy (non-hydrogen) atoms. The van der Waals surface area contributed by atoms with Crippen LogP contribution in [0.2, 0.25) is 0 Å². The molecule has 0 unspecified atom stereocenters. The van der Waals surface area contributed by atoms with Crippen LogP contribution in [-0.4, -0.2) is 19.1 Å². The van der Waals surface area contributed by atoms with E-state index >= 15 is 0 Å². The molecule has 0 fully saturated rings. The fourth-order valence-corrected chi connectivity index (χ4v) is 1.30. The summed E-state index contributed by atoms with van der Waals surface area (Å²) in [5.41, 5.74) is 0.893. The lowest BCUT2D eigenvalue weighted by atomic mass is 10.2. The van der Waals surface area contributed by atoms with Crippen LogP contribution in [0.1, 0.15) is 19.4 Å². The van der Waals surface area contributed by atoms with Crippen molar-refractivity contribution >= 4 is 12.0 Å². The molecule has 0 aliphatic heterocycles. The molecule has 0 saturated carbocycles. The van der Waals surface area contributed by atoms with Crippen LogP contribution in [-0.2, 0) is 4.79 Å². The maximum absolute atomic E-state index is 11.4. The van der Waals surface area contributed by atoms with Crippen molar-refractivity contribution in [2.45, 2.75) is 19.9 Å². The molecule has 0 heterocycles. The average Bonchev–Trinajstić information content (AvgIpc) is 2.26. The molecule has 3 heteroatoms. The molecule has 0 aromatic heterocycles. The smallest absolute Gasteiger partial charge is 0.244 e.